The Bertz CT molecular complexity index is 1760. The van der Waals surface area contributed by atoms with Crippen LogP contribution in [0.3, 0.4) is 0 Å². The van der Waals surface area contributed by atoms with Crippen molar-refractivity contribution in [1.82, 2.24) is 4.98 Å². The third-order valence-electron chi connectivity index (χ3n) is 8.19. The first-order valence-corrected chi connectivity index (χ1v) is 16.3. The van der Waals surface area contributed by atoms with Crippen LogP contribution in [-0.2, 0) is 19.3 Å². The third kappa shape index (κ3) is 7.72. The normalized spacial score (nSPS) is 12.6. The molecule has 226 valence electrons. The van der Waals surface area contributed by atoms with Gasteiger partial charge in [0.1, 0.15) is 0 Å². The molecule has 6 rings (SSSR count). The zero-order valence-corrected chi connectivity index (χ0v) is 28.0. The number of benzene rings is 4. The van der Waals surface area contributed by atoms with Crippen molar-refractivity contribution >= 4 is 16.5 Å². The molecule has 5 aromatic rings. The maximum Gasteiger partial charge on any atom is 0.0780 e. The smallest absolute Gasteiger partial charge is 0.0780 e. The summed E-state index contributed by atoms with van der Waals surface area (Å²) in [7, 11) is 0. The summed E-state index contributed by atoms with van der Waals surface area (Å²) in [6, 6.07) is 29.3. The molecule has 2 nitrogen and oxygen atoms in total. The molecule has 0 saturated carbocycles. The van der Waals surface area contributed by atoms with Crippen LogP contribution in [0.15, 0.2) is 90.1 Å². The predicted octanol–water partition coefficient (Wildman–Crippen LogP) is 10.6. The lowest BCUT2D eigenvalue weighted by Crippen LogP contribution is -2.15. The number of aliphatic imine (C=N–C) groups is 1. The second-order valence-corrected chi connectivity index (χ2v) is 13.6. The number of fused-ring (bicyclic) bond motifs is 2. The van der Waals surface area contributed by atoms with E-state index in [-0.39, 0.29) is 0 Å². The summed E-state index contributed by atoms with van der Waals surface area (Å²) in [5.74, 6) is 1.35. The second-order valence-electron chi connectivity index (χ2n) is 13.6. The fraction of sp³-hybridized carbons (Fsp3) is 0.333. The summed E-state index contributed by atoms with van der Waals surface area (Å²) in [6.07, 6.45) is 5.22. The first-order valence-electron chi connectivity index (χ1n) is 16.3. The van der Waals surface area contributed by atoms with E-state index in [9.17, 15) is 0 Å². The highest BCUT2D eigenvalue weighted by atomic mass is 14.7. The Kier molecular flexibility index (Phi) is 9.79. The number of aryl methyl sites for hydroxylation is 4. The fourth-order valence-electron chi connectivity index (χ4n) is 6.55. The molecule has 1 aliphatic rings. The lowest BCUT2D eigenvalue weighted by Gasteiger charge is -2.19. The van der Waals surface area contributed by atoms with E-state index < -0.39 is 0 Å². The van der Waals surface area contributed by atoms with Gasteiger partial charge >= 0.3 is 0 Å². The van der Waals surface area contributed by atoms with Gasteiger partial charge in [-0.15, -0.1) is 0 Å². The van der Waals surface area contributed by atoms with Crippen molar-refractivity contribution in [3.05, 3.63) is 135 Å². The molecule has 0 radical (unpaired) electrons. The van der Waals surface area contributed by atoms with Gasteiger partial charge in [-0.1, -0.05) is 86.3 Å². The van der Waals surface area contributed by atoms with Gasteiger partial charge in [-0.2, -0.15) is 0 Å². The number of rotatable bonds is 6. The molecular formula is C42H48N2. The molecule has 0 bridgehead atoms. The molecule has 2 heteroatoms. The number of hydrogen-bond acceptors (Lipinski definition) is 2. The monoisotopic (exact) mass is 580 g/mol. The Hall–Kier alpha value is -4.04. The molecule has 1 aromatic heterocycles. The summed E-state index contributed by atoms with van der Waals surface area (Å²) in [5, 5.41) is 2.52. The third-order valence-corrected chi connectivity index (χ3v) is 8.19. The number of nitrogens with zero attached hydrogens (tertiary/aromatic N) is 2. The average Bonchev–Trinajstić information content (AvgIpc) is 2.95. The van der Waals surface area contributed by atoms with E-state index in [2.05, 4.69) is 139 Å². The highest BCUT2D eigenvalue weighted by Gasteiger charge is 2.17. The van der Waals surface area contributed by atoms with Crippen LogP contribution in [0.1, 0.15) is 77.8 Å². The van der Waals surface area contributed by atoms with Gasteiger partial charge in [-0.05, 0) is 123 Å². The summed E-state index contributed by atoms with van der Waals surface area (Å²) in [4.78, 5) is 9.54. The minimum Gasteiger partial charge on any atom is -0.284 e. The van der Waals surface area contributed by atoms with E-state index >= 15 is 0 Å². The van der Waals surface area contributed by atoms with Crippen LogP contribution in [0, 0.1) is 39.5 Å². The first kappa shape index (κ1) is 31.4. The van der Waals surface area contributed by atoms with Gasteiger partial charge in [-0.3, -0.25) is 9.98 Å². The molecule has 0 saturated heterocycles. The van der Waals surface area contributed by atoms with E-state index in [1.165, 1.54) is 72.1 Å². The zero-order chi connectivity index (χ0) is 31.4. The van der Waals surface area contributed by atoms with Crippen LogP contribution in [0.25, 0.3) is 22.0 Å². The van der Waals surface area contributed by atoms with Gasteiger partial charge < -0.3 is 0 Å². The van der Waals surface area contributed by atoms with Crippen LogP contribution in [0.4, 0.5) is 0 Å². The molecule has 44 heavy (non-hydrogen) atoms. The summed E-state index contributed by atoms with van der Waals surface area (Å²) in [6.45, 7) is 18.6. The predicted molar refractivity (Wildman–Crippen MR) is 190 cm³/mol. The quantitative estimate of drug-likeness (QED) is 0.196. The number of aromatic nitrogens is 1. The molecular weight excluding hydrogens is 532 g/mol. The lowest BCUT2D eigenvalue weighted by atomic mass is 9.89. The standard InChI is InChI=1S/C21H25N.C21H23N/c2*1-14(2)9-17-5-6-18-7-8-22-21(20(18)13-17)19-11-15(3)10-16(4)12-19/h5-6,10-14H,7-9H2,1-4H3;5-8,10-14H,9H2,1-4H3. The van der Waals surface area contributed by atoms with Crippen LogP contribution in [0.2, 0.25) is 0 Å². The molecule has 0 N–H and O–H groups in total. The SMILES string of the molecule is Cc1cc(C)cc(-c2nccc3ccc(CC(C)C)cc23)c1.Cc1cc(C)cc(C2=NCCc3ccc(CC(C)C)cc32)c1. The highest BCUT2D eigenvalue weighted by molar-refractivity contribution is 6.14. The average molecular weight is 581 g/mol. The van der Waals surface area contributed by atoms with Crippen molar-refractivity contribution in [3.8, 4) is 11.3 Å². The molecule has 4 aromatic carbocycles. The van der Waals surface area contributed by atoms with Crippen LogP contribution >= 0.6 is 0 Å². The van der Waals surface area contributed by atoms with Crippen LogP contribution in [-0.4, -0.2) is 17.2 Å². The Morgan fingerprint density at radius 2 is 1.18 bits per heavy atom. The minimum atomic E-state index is 0.666. The van der Waals surface area contributed by atoms with E-state index in [0.29, 0.717) is 11.8 Å². The van der Waals surface area contributed by atoms with Crippen molar-refractivity contribution in [2.45, 2.75) is 74.7 Å². The fourth-order valence-corrected chi connectivity index (χ4v) is 6.55. The molecule has 2 heterocycles. The molecule has 0 unspecified atom stereocenters. The molecule has 0 fully saturated rings. The van der Waals surface area contributed by atoms with Crippen molar-refractivity contribution in [2.24, 2.45) is 16.8 Å². The summed E-state index contributed by atoms with van der Waals surface area (Å²) >= 11 is 0. The maximum atomic E-state index is 4.86. The van der Waals surface area contributed by atoms with E-state index in [4.69, 9.17) is 4.99 Å². The molecule has 0 amide bonds. The maximum absolute atomic E-state index is 4.86. The lowest BCUT2D eigenvalue weighted by molar-refractivity contribution is 0.647. The van der Waals surface area contributed by atoms with Gasteiger partial charge in [-0.25, -0.2) is 0 Å². The van der Waals surface area contributed by atoms with Gasteiger partial charge in [0.25, 0.3) is 0 Å². The summed E-state index contributed by atoms with van der Waals surface area (Å²) in [5.41, 5.74) is 15.5. The topological polar surface area (TPSA) is 25.2 Å². The zero-order valence-electron chi connectivity index (χ0n) is 28.0. The van der Waals surface area contributed by atoms with Gasteiger partial charge in [0.05, 0.1) is 11.4 Å². The highest BCUT2D eigenvalue weighted by Crippen LogP contribution is 2.29. The van der Waals surface area contributed by atoms with E-state index in [0.717, 1.165) is 31.5 Å². The van der Waals surface area contributed by atoms with E-state index in [1.54, 1.807) is 0 Å². The Morgan fingerprint density at radius 3 is 1.80 bits per heavy atom. The van der Waals surface area contributed by atoms with Crippen molar-refractivity contribution in [3.63, 3.8) is 0 Å². The van der Waals surface area contributed by atoms with Crippen LogP contribution < -0.4 is 0 Å². The number of hydrogen-bond donors (Lipinski definition) is 0. The van der Waals surface area contributed by atoms with Crippen LogP contribution in [0.5, 0.6) is 0 Å². The molecule has 1 aliphatic heterocycles. The first-order chi connectivity index (χ1) is 21.0. The number of pyridine rings is 1. The Balaban J connectivity index is 0.000000175. The summed E-state index contributed by atoms with van der Waals surface area (Å²) < 4.78 is 0. The van der Waals surface area contributed by atoms with Crippen molar-refractivity contribution in [1.29, 1.82) is 0 Å². The van der Waals surface area contributed by atoms with Crippen molar-refractivity contribution < 1.29 is 0 Å². The van der Waals surface area contributed by atoms with Gasteiger partial charge in [0, 0.05) is 34.8 Å². The Labute approximate surface area is 265 Å². The van der Waals surface area contributed by atoms with Gasteiger partial charge in [0.15, 0.2) is 0 Å². The molecule has 0 aliphatic carbocycles. The minimum absolute atomic E-state index is 0.666. The largest absolute Gasteiger partial charge is 0.284 e. The van der Waals surface area contributed by atoms with Crippen molar-refractivity contribution in [2.75, 3.05) is 6.54 Å². The van der Waals surface area contributed by atoms with E-state index in [1.807, 2.05) is 6.20 Å². The van der Waals surface area contributed by atoms with Gasteiger partial charge in [0.2, 0.25) is 0 Å². The Morgan fingerprint density at radius 1 is 0.614 bits per heavy atom. The molecule has 0 atom stereocenters. The molecule has 0 spiro atoms. The second kappa shape index (κ2) is 13.7.